The van der Waals surface area contributed by atoms with Gasteiger partial charge in [-0.25, -0.2) is 0 Å². The summed E-state index contributed by atoms with van der Waals surface area (Å²) in [6, 6.07) is 10.6. The van der Waals surface area contributed by atoms with Crippen LogP contribution in [-0.4, -0.2) is 25.2 Å². The summed E-state index contributed by atoms with van der Waals surface area (Å²) in [4.78, 5) is 12.3. The monoisotopic (exact) mass is 337 g/mol. The molecule has 0 spiro atoms. The summed E-state index contributed by atoms with van der Waals surface area (Å²) in [5.74, 6) is 0.831. The molecule has 6 heteroatoms. The Morgan fingerprint density at radius 3 is 2.88 bits per heavy atom. The molecule has 1 N–H and O–H groups in total. The van der Waals surface area contributed by atoms with E-state index < -0.39 is 0 Å². The maximum absolute atomic E-state index is 12.3. The fourth-order valence-electron chi connectivity index (χ4n) is 3.72. The van der Waals surface area contributed by atoms with Crippen molar-refractivity contribution in [2.45, 2.75) is 51.2 Å². The maximum Gasteiger partial charge on any atom is 0.240 e. The Kier molecular flexibility index (Phi) is 4.50. The second kappa shape index (κ2) is 7.09. The van der Waals surface area contributed by atoms with Crippen molar-refractivity contribution in [2.24, 2.45) is 0 Å². The van der Waals surface area contributed by atoms with Crippen LogP contribution in [0.15, 0.2) is 42.9 Å². The molecule has 1 saturated carbocycles. The van der Waals surface area contributed by atoms with Crippen LogP contribution in [0.4, 0.5) is 0 Å². The standard InChI is InChI=1S/C19H23N5O/c25-19(13-23-11-10-15-6-4-5-9-17(15)23)20-12-18-22-21-14-24(18)16-7-2-1-3-8-16/h4-6,9-11,14,16H,1-3,7-8,12-13H2,(H,20,25). The first kappa shape index (κ1) is 15.9. The van der Waals surface area contributed by atoms with Crippen molar-refractivity contribution in [3.63, 3.8) is 0 Å². The van der Waals surface area contributed by atoms with Crippen LogP contribution in [0.1, 0.15) is 44.0 Å². The second-order valence-corrected chi connectivity index (χ2v) is 6.73. The molecule has 6 nitrogen and oxygen atoms in total. The van der Waals surface area contributed by atoms with Gasteiger partial charge in [-0.05, 0) is 30.4 Å². The third kappa shape index (κ3) is 3.43. The Morgan fingerprint density at radius 2 is 2.00 bits per heavy atom. The summed E-state index contributed by atoms with van der Waals surface area (Å²) >= 11 is 0. The first-order valence-corrected chi connectivity index (χ1v) is 9.00. The lowest BCUT2D eigenvalue weighted by atomic mass is 9.95. The maximum atomic E-state index is 12.3. The molecule has 2 aromatic heterocycles. The lowest BCUT2D eigenvalue weighted by molar-refractivity contribution is -0.121. The molecule has 4 rings (SSSR count). The van der Waals surface area contributed by atoms with E-state index in [-0.39, 0.29) is 5.91 Å². The molecule has 2 heterocycles. The van der Waals surface area contributed by atoms with E-state index in [2.05, 4.69) is 26.1 Å². The van der Waals surface area contributed by atoms with Gasteiger partial charge in [-0.15, -0.1) is 10.2 Å². The third-order valence-corrected chi connectivity index (χ3v) is 5.05. The highest BCUT2D eigenvalue weighted by molar-refractivity contribution is 5.83. The molecule has 0 saturated heterocycles. The van der Waals surface area contributed by atoms with Crippen LogP contribution < -0.4 is 5.32 Å². The molecular formula is C19H23N5O. The van der Waals surface area contributed by atoms with Crippen molar-refractivity contribution in [3.05, 3.63) is 48.7 Å². The molecule has 0 unspecified atom stereocenters. The van der Waals surface area contributed by atoms with Gasteiger partial charge in [0.15, 0.2) is 5.82 Å². The van der Waals surface area contributed by atoms with Crippen LogP contribution in [0.3, 0.4) is 0 Å². The molecule has 25 heavy (non-hydrogen) atoms. The average Bonchev–Trinajstić information content (AvgIpc) is 3.28. The van der Waals surface area contributed by atoms with Gasteiger partial charge >= 0.3 is 0 Å². The third-order valence-electron chi connectivity index (χ3n) is 5.05. The van der Waals surface area contributed by atoms with Crippen LogP contribution in [0.25, 0.3) is 10.9 Å². The van der Waals surface area contributed by atoms with E-state index in [1.807, 2.05) is 35.0 Å². The van der Waals surface area contributed by atoms with E-state index in [1.165, 1.54) is 32.1 Å². The molecule has 0 bridgehead atoms. The summed E-state index contributed by atoms with van der Waals surface area (Å²) in [6.45, 7) is 0.736. The smallest absolute Gasteiger partial charge is 0.240 e. The number of nitrogens with zero attached hydrogens (tertiary/aromatic N) is 4. The fraction of sp³-hybridized carbons (Fsp3) is 0.421. The highest BCUT2D eigenvalue weighted by Crippen LogP contribution is 2.28. The SMILES string of the molecule is O=C(Cn1ccc2ccccc21)NCc1nncn1C1CCCCC1. The number of carbonyl (C=O) groups excluding carboxylic acids is 1. The predicted molar refractivity (Wildman–Crippen MR) is 95.9 cm³/mol. The van der Waals surface area contributed by atoms with E-state index in [9.17, 15) is 4.79 Å². The molecule has 0 atom stereocenters. The zero-order valence-corrected chi connectivity index (χ0v) is 14.3. The molecule has 130 valence electrons. The number of amides is 1. The number of rotatable bonds is 5. The van der Waals surface area contributed by atoms with Gasteiger partial charge in [0.05, 0.1) is 6.54 Å². The van der Waals surface area contributed by atoms with Crippen molar-refractivity contribution in [2.75, 3.05) is 0 Å². The van der Waals surface area contributed by atoms with Gasteiger partial charge in [-0.2, -0.15) is 0 Å². The van der Waals surface area contributed by atoms with Gasteiger partial charge in [0.1, 0.15) is 12.9 Å². The molecule has 1 aromatic carbocycles. The number of fused-ring (bicyclic) bond motifs is 1. The summed E-state index contributed by atoms with van der Waals surface area (Å²) < 4.78 is 4.11. The normalized spacial score (nSPS) is 15.5. The summed E-state index contributed by atoms with van der Waals surface area (Å²) in [6.07, 6.45) is 9.94. The van der Waals surface area contributed by atoms with E-state index >= 15 is 0 Å². The van der Waals surface area contributed by atoms with E-state index in [4.69, 9.17) is 0 Å². The number of benzene rings is 1. The highest BCUT2D eigenvalue weighted by Gasteiger charge is 2.18. The first-order valence-electron chi connectivity index (χ1n) is 9.00. The van der Waals surface area contributed by atoms with Gasteiger partial charge in [-0.1, -0.05) is 37.5 Å². The second-order valence-electron chi connectivity index (χ2n) is 6.73. The number of hydrogen-bond acceptors (Lipinski definition) is 3. The lowest BCUT2D eigenvalue weighted by Gasteiger charge is -2.24. The molecule has 0 aliphatic heterocycles. The number of para-hydroxylation sites is 1. The van der Waals surface area contributed by atoms with E-state index in [0.717, 1.165) is 16.7 Å². The van der Waals surface area contributed by atoms with Crippen molar-refractivity contribution >= 4 is 16.8 Å². The van der Waals surface area contributed by atoms with Crippen LogP contribution in [0.5, 0.6) is 0 Å². The van der Waals surface area contributed by atoms with Gasteiger partial charge in [-0.3, -0.25) is 4.79 Å². The number of carbonyl (C=O) groups is 1. The minimum atomic E-state index is -0.0143. The van der Waals surface area contributed by atoms with Crippen LogP contribution in [-0.2, 0) is 17.9 Å². The first-order chi connectivity index (χ1) is 12.3. The number of aromatic nitrogens is 4. The fourth-order valence-corrected chi connectivity index (χ4v) is 3.72. The van der Waals surface area contributed by atoms with Crippen LogP contribution in [0.2, 0.25) is 0 Å². The molecule has 3 aromatic rings. The molecule has 0 radical (unpaired) electrons. The average molecular weight is 337 g/mol. The summed E-state index contributed by atoms with van der Waals surface area (Å²) in [5, 5.41) is 12.4. The van der Waals surface area contributed by atoms with Crippen LogP contribution >= 0.6 is 0 Å². The van der Waals surface area contributed by atoms with Gasteiger partial charge in [0.2, 0.25) is 5.91 Å². The largest absolute Gasteiger partial charge is 0.347 e. The Balaban J connectivity index is 1.38. The van der Waals surface area contributed by atoms with E-state index in [1.54, 1.807) is 6.33 Å². The van der Waals surface area contributed by atoms with Crippen molar-refractivity contribution in [3.8, 4) is 0 Å². The Morgan fingerprint density at radius 1 is 1.16 bits per heavy atom. The van der Waals surface area contributed by atoms with Crippen molar-refractivity contribution in [1.82, 2.24) is 24.6 Å². The Labute approximate surface area is 146 Å². The van der Waals surface area contributed by atoms with Crippen molar-refractivity contribution in [1.29, 1.82) is 0 Å². The minimum Gasteiger partial charge on any atom is -0.347 e. The van der Waals surface area contributed by atoms with Gasteiger partial charge in [0.25, 0.3) is 0 Å². The number of hydrogen-bond donors (Lipinski definition) is 1. The Bertz CT molecular complexity index is 859. The lowest BCUT2D eigenvalue weighted by Crippen LogP contribution is -2.29. The van der Waals surface area contributed by atoms with Crippen molar-refractivity contribution < 1.29 is 4.79 Å². The number of nitrogens with one attached hydrogen (secondary N) is 1. The molecular weight excluding hydrogens is 314 g/mol. The summed E-state index contributed by atoms with van der Waals surface area (Å²) in [7, 11) is 0. The molecule has 1 aliphatic carbocycles. The Hall–Kier alpha value is -2.63. The molecule has 1 fully saturated rings. The zero-order chi connectivity index (χ0) is 17.1. The van der Waals surface area contributed by atoms with Gasteiger partial charge in [0, 0.05) is 17.8 Å². The van der Waals surface area contributed by atoms with Crippen LogP contribution in [0, 0.1) is 0 Å². The van der Waals surface area contributed by atoms with Gasteiger partial charge < -0.3 is 14.5 Å². The predicted octanol–water partition coefficient (Wildman–Crippen LogP) is 3.05. The molecule has 1 amide bonds. The zero-order valence-electron chi connectivity index (χ0n) is 14.3. The summed E-state index contributed by atoms with van der Waals surface area (Å²) in [5.41, 5.74) is 1.07. The minimum absolute atomic E-state index is 0.0143. The quantitative estimate of drug-likeness (QED) is 0.778. The molecule has 1 aliphatic rings. The topological polar surface area (TPSA) is 64.7 Å². The highest BCUT2D eigenvalue weighted by atomic mass is 16.1. The van der Waals surface area contributed by atoms with E-state index in [0.29, 0.717) is 19.1 Å².